The van der Waals surface area contributed by atoms with E-state index in [1.807, 2.05) is 61.2 Å². The van der Waals surface area contributed by atoms with Gasteiger partial charge in [-0.15, -0.1) is 0 Å². The molecule has 0 bridgehead atoms. The third-order valence-electron chi connectivity index (χ3n) is 6.17. The van der Waals surface area contributed by atoms with Gasteiger partial charge in [-0.3, -0.25) is 9.59 Å². The number of rotatable bonds is 9. The highest BCUT2D eigenvalue weighted by Gasteiger charge is 2.30. The summed E-state index contributed by atoms with van der Waals surface area (Å²) in [7, 11) is 0. The molecule has 0 aliphatic heterocycles. The Morgan fingerprint density at radius 3 is 2.37 bits per heavy atom. The molecule has 2 aromatic carbocycles. The number of carbonyl (C=O) groups is 2. The molecule has 1 aliphatic carbocycles. The molecule has 4 heteroatoms. The van der Waals surface area contributed by atoms with E-state index in [9.17, 15) is 9.59 Å². The molecule has 1 atom stereocenters. The maximum Gasteiger partial charge on any atom is 0.243 e. The number of amides is 2. The van der Waals surface area contributed by atoms with Gasteiger partial charge in [0.1, 0.15) is 6.04 Å². The van der Waals surface area contributed by atoms with Crippen molar-refractivity contribution in [3.8, 4) is 0 Å². The largest absolute Gasteiger partial charge is 0.352 e. The van der Waals surface area contributed by atoms with Crippen LogP contribution in [0.1, 0.15) is 55.7 Å². The van der Waals surface area contributed by atoms with Gasteiger partial charge in [0.05, 0.1) is 6.42 Å². The summed E-state index contributed by atoms with van der Waals surface area (Å²) in [6.45, 7) is 4.57. The highest BCUT2D eigenvalue weighted by Crippen LogP contribution is 2.19. The van der Waals surface area contributed by atoms with Crippen molar-refractivity contribution in [1.29, 1.82) is 0 Å². The molecule has 0 spiro atoms. The Hall–Kier alpha value is -2.62. The Labute approximate surface area is 180 Å². The number of nitrogens with one attached hydrogen (secondary N) is 1. The Kier molecular flexibility index (Phi) is 8.06. The van der Waals surface area contributed by atoms with Gasteiger partial charge < -0.3 is 10.2 Å². The van der Waals surface area contributed by atoms with Crippen LogP contribution in [0, 0.1) is 6.92 Å². The van der Waals surface area contributed by atoms with Gasteiger partial charge in [-0.1, -0.05) is 74.4 Å². The molecule has 3 rings (SSSR count). The van der Waals surface area contributed by atoms with Crippen molar-refractivity contribution >= 4 is 11.8 Å². The fourth-order valence-corrected chi connectivity index (χ4v) is 4.34. The summed E-state index contributed by atoms with van der Waals surface area (Å²) in [5.41, 5.74) is 3.31. The second-order valence-corrected chi connectivity index (χ2v) is 8.34. The van der Waals surface area contributed by atoms with E-state index in [0.717, 1.165) is 30.4 Å². The zero-order valence-electron chi connectivity index (χ0n) is 18.3. The van der Waals surface area contributed by atoms with Crippen molar-refractivity contribution in [3.63, 3.8) is 0 Å². The van der Waals surface area contributed by atoms with Gasteiger partial charge in [0.25, 0.3) is 0 Å². The number of benzene rings is 2. The SMILES string of the molecule is CC[C@@H](C(=O)NC1CCCC1)N(CCc1ccccc1)C(=O)Cc1ccccc1C. The zero-order valence-corrected chi connectivity index (χ0v) is 18.3. The van der Waals surface area contributed by atoms with Gasteiger partial charge in [0.15, 0.2) is 0 Å². The molecule has 2 amide bonds. The highest BCUT2D eigenvalue weighted by atomic mass is 16.2. The molecule has 1 N–H and O–H groups in total. The van der Waals surface area contributed by atoms with Gasteiger partial charge in [0, 0.05) is 12.6 Å². The Morgan fingerprint density at radius 1 is 1.03 bits per heavy atom. The average molecular weight is 407 g/mol. The van der Waals surface area contributed by atoms with Crippen LogP contribution in [-0.4, -0.2) is 35.3 Å². The lowest BCUT2D eigenvalue weighted by Crippen LogP contribution is -2.52. The zero-order chi connectivity index (χ0) is 21.3. The maximum atomic E-state index is 13.4. The standard InChI is InChI=1S/C26H34N2O2/c1-3-24(26(30)27-23-15-9-10-16-23)28(18-17-21-12-5-4-6-13-21)25(29)19-22-14-8-7-11-20(22)2/h4-8,11-14,23-24H,3,9-10,15-19H2,1-2H3,(H,27,30)/t24-/m0/s1. The van der Waals surface area contributed by atoms with Crippen molar-refractivity contribution in [3.05, 3.63) is 71.3 Å². The summed E-state index contributed by atoms with van der Waals surface area (Å²) in [6, 6.07) is 18.0. The molecule has 1 saturated carbocycles. The smallest absolute Gasteiger partial charge is 0.243 e. The Balaban J connectivity index is 1.76. The number of carbonyl (C=O) groups excluding carboxylic acids is 2. The van der Waals surface area contributed by atoms with Gasteiger partial charge in [-0.25, -0.2) is 0 Å². The van der Waals surface area contributed by atoms with E-state index in [2.05, 4.69) is 17.4 Å². The second kappa shape index (κ2) is 11.0. The van der Waals surface area contributed by atoms with Gasteiger partial charge in [-0.05, 0) is 49.3 Å². The predicted octanol–water partition coefficient (Wildman–Crippen LogP) is 4.45. The first-order valence-corrected chi connectivity index (χ1v) is 11.3. The van der Waals surface area contributed by atoms with Gasteiger partial charge >= 0.3 is 0 Å². The lowest BCUT2D eigenvalue weighted by molar-refractivity contribution is -0.140. The topological polar surface area (TPSA) is 49.4 Å². The molecule has 4 nitrogen and oxygen atoms in total. The van der Waals surface area contributed by atoms with Crippen molar-refractivity contribution in [2.45, 2.75) is 70.9 Å². The van der Waals surface area contributed by atoms with E-state index in [4.69, 9.17) is 0 Å². The molecule has 0 aromatic heterocycles. The van der Waals surface area contributed by atoms with Crippen LogP contribution in [0.5, 0.6) is 0 Å². The first-order valence-electron chi connectivity index (χ1n) is 11.3. The van der Waals surface area contributed by atoms with E-state index < -0.39 is 6.04 Å². The molecule has 0 heterocycles. The van der Waals surface area contributed by atoms with Crippen LogP contribution in [0.3, 0.4) is 0 Å². The maximum absolute atomic E-state index is 13.4. The second-order valence-electron chi connectivity index (χ2n) is 8.34. The fraction of sp³-hybridized carbons (Fsp3) is 0.462. The Bertz CT molecular complexity index is 828. The minimum atomic E-state index is -0.425. The Morgan fingerprint density at radius 2 is 1.70 bits per heavy atom. The molecular weight excluding hydrogens is 372 g/mol. The van der Waals surface area contributed by atoms with E-state index in [-0.39, 0.29) is 17.9 Å². The summed E-state index contributed by atoms with van der Waals surface area (Å²) in [4.78, 5) is 28.3. The summed E-state index contributed by atoms with van der Waals surface area (Å²) in [5, 5.41) is 3.21. The fourth-order valence-electron chi connectivity index (χ4n) is 4.34. The number of nitrogens with zero attached hydrogens (tertiary/aromatic N) is 1. The molecule has 0 unspecified atom stereocenters. The highest BCUT2D eigenvalue weighted by molar-refractivity contribution is 5.88. The number of aryl methyl sites for hydroxylation is 1. The summed E-state index contributed by atoms with van der Waals surface area (Å²) in [5.74, 6) is 0.0178. The third kappa shape index (κ3) is 5.94. The molecule has 30 heavy (non-hydrogen) atoms. The van der Waals surface area contributed by atoms with Crippen molar-refractivity contribution in [2.24, 2.45) is 0 Å². The van der Waals surface area contributed by atoms with Crippen LogP contribution in [0.15, 0.2) is 54.6 Å². The molecule has 0 radical (unpaired) electrons. The average Bonchev–Trinajstić information content (AvgIpc) is 3.26. The van der Waals surface area contributed by atoms with E-state index in [1.165, 1.54) is 18.4 Å². The number of hydrogen-bond donors (Lipinski definition) is 1. The van der Waals surface area contributed by atoms with Crippen molar-refractivity contribution < 1.29 is 9.59 Å². The minimum Gasteiger partial charge on any atom is -0.352 e. The first kappa shape index (κ1) is 22.1. The molecular formula is C26H34N2O2. The molecule has 1 aliphatic rings. The van der Waals surface area contributed by atoms with Crippen molar-refractivity contribution in [1.82, 2.24) is 10.2 Å². The number of hydrogen-bond acceptors (Lipinski definition) is 2. The van der Waals surface area contributed by atoms with E-state index >= 15 is 0 Å². The van der Waals surface area contributed by atoms with Gasteiger partial charge in [0.2, 0.25) is 11.8 Å². The first-order chi connectivity index (χ1) is 14.6. The summed E-state index contributed by atoms with van der Waals surface area (Å²) < 4.78 is 0. The van der Waals surface area contributed by atoms with E-state index in [0.29, 0.717) is 19.4 Å². The summed E-state index contributed by atoms with van der Waals surface area (Å²) >= 11 is 0. The summed E-state index contributed by atoms with van der Waals surface area (Å²) in [6.07, 6.45) is 6.12. The van der Waals surface area contributed by atoms with Crippen LogP contribution in [-0.2, 0) is 22.4 Å². The van der Waals surface area contributed by atoms with Crippen LogP contribution in [0.4, 0.5) is 0 Å². The predicted molar refractivity (Wildman–Crippen MR) is 121 cm³/mol. The third-order valence-corrected chi connectivity index (χ3v) is 6.17. The van der Waals surface area contributed by atoms with Crippen LogP contribution in [0.25, 0.3) is 0 Å². The lowest BCUT2D eigenvalue weighted by atomic mass is 10.0. The lowest BCUT2D eigenvalue weighted by Gasteiger charge is -2.31. The monoisotopic (exact) mass is 406 g/mol. The molecule has 160 valence electrons. The molecule has 2 aromatic rings. The minimum absolute atomic E-state index is 0.00408. The van der Waals surface area contributed by atoms with Crippen LogP contribution in [0.2, 0.25) is 0 Å². The van der Waals surface area contributed by atoms with Gasteiger partial charge in [-0.2, -0.15) is 0 Å². The molecule has 1 fully saturated rings. The van der Waals surface area contributed by atoms with Crippen molar-refractivity contribution in [2.75, 3.05) is 6.54 Å². The normalized spacial score (nSPS) is 15.0. The molecule has 0 saturated heterocycles. The van der Waals surface area contributed by atoms with Crippen LogP contribution < -0.4 is 5.32 Å². The quantitative estimate of drug-likeness (QED) is 0.669. The van der Waals surface area contributed by atoms with Crippen LogP contribution >= 0.6 is 0 Å². The van der Waals surface area contributed by atoms with E-state index in [1.54, 1.807) is 0 Å².